The van der Waals surface area contributed by atoms with Crippen LogP contribution in [0.1, 0.15) is 48.8 Å². The van der Waals surface area contributed by atoms with Crippen molar-refractivity contribution in [2.24, 2.45) is 5.73 Å². The lowest BCUT2D eigenvalue weighted by molar-refractivity contribution is -0.118. The maximum absolute atomic E-state index is 14.0. The Kier molecular flexibility index (Phi) is 9.74. The molecule has 0 spiro atoms. The van der Waals surface area contributed by atoms with E-state index < -0.39 is 5.92 Å². The minimum atomic E-state index is -2.61. The quantitative estimate of drug-likeness (QED) is 0.287. The van der Waals surface area contributed by atoms with Gasteiger partial charge in [-0.2, -0.15) is 0 Å². The Balaban J connectivity index is 1.46. The number of nitrogens with zero attached hydrogens (tertiary/aromatic N) is 2. The standard InChI is InChI=1S/C29H38F2N4O3S/c1-20-3-2-4-21(19-20)9-14-34(15-11-25(32)37)17-18-35(23-7-12-29(30,31)13-8-23)16-10-22-5-6-24(36)26-27(22)39-28(38)33-26/h2-6,19,23,36H,7-18H2,1H3,(H2,32,37)(H,33,38). The van der Waals surface area contributed by atoms with Crippen LogP contribution < -0.4 is 10.6 Å². The summed E-state index contributed by atoms with van der Waals surface area (Å²) in [5, 5.41) is 10.1. The molecule has 2 aromatic carbocycles. The number of carbonyl (C=O) groups excluding carboxylic acids is 1. The second kappa shape index (κ2) is 13.0. The number of fused-ring (bicyclic) bond motifs is 1. The van der Waals surface area contributed by atoms with Crippen molar-refractivity contribution in [3.05, 3.63) is 62.8 Å². The molecule has 3 aromatic rings. The van der Waals surface area contributed by atoms with Crippen molar-refractivity contribution in [1.29, 1.82) is 0 Å². The summed E-state index contributed by atoms with van der Waals surface area (Å²) in [4.78, 5) is 30.5. The van der Waals surface area contributed by atoms with Crippen LogP contribution in [0.15, 0.2) is 41.2 Å². The molecule has 0 aliphatic heterocycles. The number of aromatic hydroxyl groups is 1. The molecule has 4 rings (SSSR count). The molecule has 212 valence electrons. The van der Waals surface area contributed by atoms with E-state index in [1.807, 2.05) is 12.1 Å². The van der Waals surface area contributed by atoms with Gasteiger partial charge >= 0.3 is 4.87 Å². The van der Waals surface area contributed by atoms with Crippen molar-refractivity contribution >= 4 is 27.5 Å². The van der Waals surface area contributed by atoms with Crippen LogP contribution in [-0.2, 0) is 17.6 Å². The molecule has 1 fully saturated rings. The first kappa shape index (κ1) is 29.2. The zero-order valence-electron chi connectivity index (χ0n) is 22.4. The van der Waals surface area contributed by atoms with Crippen molar-refractivity contribution in [1.82, 2.24) is 14.8 Å². The molecular formula is C29H38F2N4O3S. The van der Waals surface area contributed by atoms with E-state index in [1.165, 1.54) is 11.1 Å². The van der Waals surface area contributed by atoms with Gasteiger partial charge in [-0.1, -0.05) is 47.2 Å². The Morgan fingerprint density at radius 3 is 2.59 bits per heavy atom. The smallest absolute Gasteiger partial charge is 0.305 e. The third-order valence-corrected chi connectivity index (χ3v) is 8.65. The number of hydrogen-bond donors (Lipinski definition) is 3. The molecule has 0 saturated heterocycles. The highest BCUT2D eigenvalue weighted by Crippen LogP contribution is 2.35. The van der Waals surface area contributed by atoms with Gasteiger partial charge in [-0.05, 0) is 49.8 Å². The largest absolute Gasteiger partial charge is 0.506 e. The Labute approximate surface area is 231 Å². The van der Waals surface area contributed by atoms with Crippen LogP contribution in [-0.4, -0.2) is 70.5 Å². The first-order chi connectivity index (χ1) is 18.6. The summed E-state index contributed by atoms with van der Waals surface area (Å²) in [6.07, 6.45) is 2.36. The van der Waals surface area contributed by atoms with Gasteiger partial charge in [-0.3, -0.25) is 14.5 Å². The number of benzene rings is 2. The van der Waals surface area contributed by atoms with E-state index in [9.17, 15) is 23.5 Å². The molecular weight excluding hydrogens is 522 g/mol. The fourth-order valence-corrected chi connectivity index (χ4v) is 6.33. The molecule has 1 saturated carbocycles. The van der Waals surface area contributed by atoms with Gasteiger partial charge in [0.25, 0.3) is 0 Å². The lowest BCUT2D eigenvalue weighted by Crippen LogP contribution is -2.45. The second-order valence-corrected chi connectivity index (χ2v) is 11.6. The van der Waals surface area contributed by atoms with Crippen LogP contribution in [0.5, 0.6) is 5.75 Å². The van der Waals surface area contributed by atoms with Crippen LogP contribution in [0.25, 0.3) is 10.2 Å². The normalized spacial score (nSPS) is 15.9. The van der Waals surface area contributed by atoms with Crippen LogP contribution in [0.4, 0.5) is 8.78 Å². The number of halogens is 2. The third-order valence-electron chi connectivity index (χ3n) is 7.69. The average Bonchev–Trinajstić information content (AvgIpc) is 3.29. The number of phenols is 1. The Bertz CT molecular complexity index is 1320. The summed E-state index contributed by atoms with van der Waals surface area (Å²) in [6.45, 7) is 5.39. The first-order valence-corrected chi connectivity index (χ1v) is 14.4. The molecule has 1 aliphatic carbocycles. The second-order valence-electron chi connectivity index (χ2n) is 10.6. The van der Waals surface area contributed by atoms with E-state index in [-0.39, 0.29) is 41.8 Å². The van der Waals surface area contributed by atoms with E-state index >= 15 is 0 Å². The van der Waals surface area contributed by atoms with E-state index in [0.717, 1.165) is 34.6 Å². The molecule has 1 amide bonds. The highest BCUT2D eigenvalue weighted by molar-refractivity contribution is 7.16. The van der Waals surface area contributed by atoms with Crippen molar-refractivity contribution in [2.75, 3.05) is 32.7 Å². The Hall–Kier alpha value is -2.82. The minimum absolute atomic E-state index is 0.0389. The summed E-state index contributed by atoms with van der Waals surface area (Å²) in [7, 11) is 0. The van der Waals surface area contributed by atoms with Crippen LogP contribution in [0.3, 0.4) is 0 Å². The van der Waals surface area contributed by atoms with Crippen molar-refractivity contribution in [3.63, 3.8) is 0 Å². The highest BCUT2D eigenvalue weighted by Gasteiger charge is 2.36. The van der Waals surface area contributed by atoms with Gasteiger partial charge in [-0.15, -0.1) is 0 Å². The maximum atomic E-state index is 14.0. The number of H-pyrrole nitrogens is 1. The molecule has 0 atom stereocenters. The van der Waals surface area contributed by atoms with E-state index in [2.05, 4.69) is 39.9 Å². The van der Waals surface area contributed by atoms with Crippen LogP contribution >= 0.6 is 11.3 Å². The number of aryl methyl sites for hydroxylation is 1. The fraction of sp³-hybridized carbons (Fsp3) is 0.517. The molecule has 4 N–H and O–H groups in total. The number of phenolic OH excluding ortho intramolecular Hbond substituents is 1. The number of hydrogen-bond acceptors (Lipinski definition) is 6. The summed E-state index contributed by atoms with van der Waals surface area (Å²) >= 11 is 1.07. The molecule has 10 heteroatoms. The predicted octanol–water partition coefficient (Wildman–Crippen LogP) is 4.45. The molecule has 0 bridgehead atoms. The lowest BCUT2D eigenvalue weighted by atomic mass is 9.91. The molecule has 0 unspecified atom stereocenters. The Morgan fingerprint density at radius 2 is 1.87 bits per heavy atom. The number of rotatable bonds is 13. The fourth-order valence-electron chi connectivity index (χ4n) is 5.43. The minimum Gasteiger partial charge on any atom is -0.506 e. The summed E-state index contributed by atoms with van der Waals surface area (Å²) in [5.41, 5.74) is 9.27. The molecule has 0 radical (unpaired) electrons. The first-order valence-electron chi connectivity index (χ1n) is 13.6. The number of nitrogens with one attached hydrogen (secondary N) is 1. The third kappa shape index (κ3) is 8.33. The molecule has 7 nitrogen and oxygen atoms in total. The molecule has 1 heterocycles. The van der Waals surface area contributed by atoms with Crippen LogP contribution in [0, 0.1) is 6.92 Å². The number of thiazole rings is 1. The predicted molar refractivity (Wildman–Crippen MR) is 152 cm³/mol. The summed E-state index contributed by atoms with van der Waals surface area (Å²) in [5.74, 6) is -2.91. The number of alkyl halides is 2. The van der Waals surface area contributed by atoms with Gasteiger partial charge in [0.1, 0.15) is 11.3 Å². The zero-order valence-corrected chi connectivity index (χ0v) is 23.2. The van der Waals surface area contributed by atoms with Gasteiger partial charge in [0.05, 0.1) is 4.70 Å². The molecule has 1 aliphatic rings. The van der Waals surface area contributed by atoms with Gasteiger partial charge < -0.3 is 20.7 Å². The number of aromatic amines is 1. The van der Waals surface area contributed by atoms with Gasteiger partial charge in [-0.25, -0.2) is 8.78 Å². The number of aromatic nitrogens is 1. The highest BCUT2D eigenvalue weighted by atomic mass is 32.1. The van der Waals surface area contributed by atoms with Gasteiger partial charge in [0.15, 0.2) is 0 Å². The van der Waals surface area contributed by atoms with Gasteiger partial charge in [0.2, 0.25) is 11.8 Å². The maximum Gasteiger partial charge on any atom is 0.305 e. The van der Waals surface area contributed by atoms with Gasteiger partial charge in [0, 0.05) is 58.0 Å². The van der Waals surface area contributed by atoms with E-state index in [4.69, 9.17) is 5.73 Å². The summed E-state index contributed by atoms with van der Waals surface area (Å²) < 4.78 is 28.7. The topological polar surface area (TPSA) is 103 Å². The number of carbonyl (C=O) groups is 1. The van der Waals surface area contributed by atoms with E-state index in [0.29, 0.717) is 51.0 Å². The number of primary amides is 1. The van der Waals surface area contributed by atoms with Crippen molar-refractivity contribution in [2.45, 2.75) is 63.8 Å². The number of nitrogens with two attached hydrogens (primary N) is 1. The van der Waals surface area contributed by atoms with Crippen molar-refractivity contribution < 1.29 is 18.7 Å². The summed E-state index contributed by atoms with van der Waals surface area (Å²) in [6, 6.07) is 11.8. The SMILES string of the molecule is Cc1cccc(CCN(CCC(N)=O)CCN(CCc2ccc(O)c3[nH]c(=O)sc23)C2CCC(F)(F)CC2)c1. The monoisotopic (exact) mass is 560 g/mol. The molecule has 1 aromatic heterocycles. The lowest BCUT2D eigenvalue weighted by Gasteiger charge is -2.38. The zero-order chi connectivity index (χ0) is 28.0. The molecule has 39 heavy (non-hydrogen) atoms. The number of amides is 1. The van der Waals surface area contributed by atoms with Crippen molar-refractivity contribution in [3.8, 4) is 5.75 Å². The Morgan fingerprint density at radius 1 is 1.10 bits per heavy atom. The average molecular weight is 561 g/mol. The van der Waals surface area contributed by atoms with E-state index in [1.54, 1.807) is 6.07 Å². The van der Waals surface area contributed by atoms with Crippen LogP contribution in [0.2, 0.25) is 0 Å².